The van der Waals surface area contributed by atoms with Gasteiger partial charge < -0.3 is 9.84 Å². The third-order valence-corrected chi connectivity index (χ3v) is 4.50. The molecule has 0 saturated carbocycles. The Morgan fingerprint density at radius 3 is 2.70 bits per heavy atom. The smallest absolute Gasteiger partial charge is 0.226 e. The molecule has 0 fully saturated rings. The number of hydrogen-bond donors (Lipinski definition) is 1. The molecule has 4 rings (SSSR count). The number of aromatic nitrogens is 1. The van der Waals surface area contributed by atoms with Gasteiger partial charge >= 0.3 is 0 Å². The molecule has 1 N–H and O–H groups in total. The molecule has 1 unspecified atom stereocenters. The van der Waals surface area contributed by atoms with Gasteiger partial charge in [-0.2, -0.15) is 0 Å². The summed E-state index contributed by atoms with van der Waals surface area (Å²) < 4.78 is 5.80. The number of benzene rings is 1. The van der Waals surface area contributed by atoms with Gasteiger partial charge in [0.2, 0.25) is 5.88 Å². The predicted octanol–water partition coefficient (Wildman–Crippen LogP) is 3.53. The van der Waals surface area contributed by atoms with Crippen molar-refractivity contribution in [2.24, 2.45) is 0 Å². The van der Waals surface area contributed by atoms with Crippen LogP contribution in [-0.2, 0) is 5.60 Å². The molecule has 4 heteroatoms. The van der Waals surface area contributed by atoms with Crippen LogP contribution >= 0.6 is 11.3 Å². The van der Waals surface area contributed by atoms with Crippen molar-refractivity contribution in [1.29, 1.82) is 0 Å². The highest BCUT2D eigenvalue weighted by Gasteiger charge is 2.43. The Balaban J connectivity index is 2.07. The molecule has 0 spiro atoms. The maximum atomic E-state index is 11.4. The van der Waals surface area contributed by atoms with Crippen molar-refractivity contribution in [3.8, 4) is 11.6 Å². The van der Waals surface area contributed by atoms with Gasteiger partial charge in [-0.3, -0.25) is 0 Å². The van der Waals surface area contributed by atoms with Crippen molar-refractivity contribution < 1.29 is 9.84 Å². The molecule has 1 aliphatic rings. The van der Waals surface area contributed by atoms with Crippen LogP contribution in [0.3, 0.4) is 0 Å². The van der Waals surface area contributed by atoms with E-state index in [0.29, 0.717) is 17.2 Å². The van der Waals surface area contributed by atoms with Crippen molar-refractivity contribution >= 4 is 11.3 Å². The lowest BCUT2D eigenvalue weighted by atomic mass is 9.83. The van der Waals surface area contributed by atoms with Crippen LogP contribution in [-0.4, -0.2) is 10.1 Å². The summed E-state index contributed by atoms with van der Waals surface area (Å²) in [6, 6.07) is 15.1. The first-order valence-electron chi connectivity index (χ1n) is 6.29. The summed E-state index contributed by atoms with van der Waals surface area (Å²) in [6.45, 7) is 0. The zero-order valence-corrected chi connectivity index (χ0v) is 11.3. The van der Waals surface area contributed by atoms with Crippen LogP contribution in [0.15, 0.2) is 60.1 Å². The minimum atomic E-state index is -1.20. The van der Waals surface area contributed by atoms with Crippen LogP contribution in [0.5, 0.6) is 11.6 Å². The van der Waals surface area contributed by atoms with Crippen LogP contribution in [0.25, 0.3) is 0 Å². The molecule has 3 aromatic rings. The topological polar surface area (TPSA) is 42.4 Å². The van der Waals surface area contributed by atoms with E-state index in [0.717, 1.165) is 10.4 Å². The molecular formula is C16H11NO2S. The SMILES string of the molecule is OC1(c2cccs2)c2ccccc2Oc2ncccc21. The number of rotatable bonds is 1. The normalized spacial score (nSPS) is 19.9. The summed E-state index contributed by atoms with van der Waals surface area (Å²) in [7, 11) is 0. The number of para-hydroxylation sites is 1. The molecule has 0 amide bonds. The first-order valence-corrected chi connectivity index (χ1v) is 7.17. The summed E-state index contributed by atoms with van der Waals surface area (Å²) in [5.74, 6) is 1.11. The summed E-state index contributed by atoms with van der Waals surface area (Å²) >= 11 is 1.52. The minimum absolute atomic E-state index is 0.460. The highest BCUT2D eigenvalue weighted by Crippen LogP contribution is 2.49. The van der Waals surface area contributed by atoms with Crippen molar-refractivity contribution in [1.82, 2.24) is 4.98 Å². The predicted molar refractivity (Wildman–Crippen MR) is 77.2 cm³/mol. The summed E-state index contributed by atoms with van der Waals surface area (Å²) in [5, 5.41) is 13.4. The van der Waals surface area contributed by atoms with Gasteiger partial charge in [0.25, 0.3) is 0 Å². The van der Waals surface area contributed by atoms with Crippen LogP contribution in [0.1, 0.15) is 16.0 Å². The molecule has 98 valence electrons. The van der Waals surface area contributed by atoms with E-state index < -0.39 is 5.60 Å². The van der Waals surface area contributed by atoms with E-state index in [-0.39, 0.29) is 0 Å². The van der Waals surface area contributed by atoms with E-state index in [4.69, 9.17) is 4.74 Å². The highest BCUT2D eigenvalue weighted by atomic mass is 32.1. The van der Waals surface area contributed by atoms with E-state index in [2.05, 4.69) is 4.98 Å². The monoisotopic (exact) mass is 281 g/mol. The highest BCUT2D eigenvalue weighted by molar-refractivity contribution is 7.10. The number of thiophene rings is 1. The fourth-order valence-electron chi connectivity index (χ4n) is 2.60. The van der Waals surface area contributed by atoms with Gasteiger partial charge in [0.15, 0.2) is 5.60 Å². The summed E-state index contributed by atoms with van der Waals surface area (Å²) in [6.07, 6.45) is 1.67. The Morgan fingerprint density at radius 1 is 1.00 bits per heavy atom. The van der Waals surface area contributed by atoms with Gasteiger partial charge in [-0.25, -0.2) is 4.98 Å². The minimum Gasteiger partial charge on any atom is -0.438 e. The summed E-state index contributed by atoms with van der Waals surface area (Å²) in [4.78, 5) is 5.11. The molecule has 0 bridgehead atoms. The first-order chi connectivity index (χ1) is 9.80. The molecule has 0 saturated heterocycles. The Kier molecular flexibility index (Phi) is 2.42. The van der Waals surface area contributed by atoms with Crippen molar-refractivity contribution in [2.45, 2.75) is 5.60 Å². The number of aliphatic hydroxyl groups is 1. The van der Waals surface area contributed by atoms with Gasteiger partial charge in [-0.1, -0.05) is 24.3 Å². The van der Waals surface area contributed by atoms with E-state index in [1.54, 1.807) is 6.20 Å². The second-order valence-corrected chi connectivity index (χ2v) is 5.59. The molecule has 3 nitrogen and oxygen atoms in total. The Hall–Kier alpha value is -2.17. The van der Waals surface area contributed by atoms with Gasteiger partial charge in [-0.05, 0) is 29.6 Å². The van der Waals surface area contributed by atoms with Crippen LogP contribution in [0.4, 0.5) is 0 Å². The van der Waals surface area contributed by atoms with Gasteiger partial charge in [0, 0.05) is 16.6 Å². The summed E-state index contributed by atoms with van der Waals surface area (Å²) in [5.41, 5.74) is 0.233. The first kappa shape index (κ1) is 11.6. The molecule has 0 aliphatic carbocycles. The number of ether oxygens (including phenoxy) is 1. The quantitative estimate of drug-likeness (QED) is 0.742. The second-order valence-electron chi connectivity index (χ2n) is 4.64. The maximum Gasteiger partial charge on any atom is 0.226 e. The lowest BCUT2D eigenvalue weighted by Gasteiger charge is -2.34. The molecule has 2 aromatic heterocycles. The zero-order valence-electron chi connectivity index (χ0n) is 10.5. The second kappa shape index (κ2) is 4.16. The third kappa shape index (κ3) is 1.46. The molecule has 1 aromatic carbocycles. The Labute approximate surface area is 120 Å². The Bertz CT molecular complexity index is 722. The fourth-order valence-corrected chi connectivity index (χ4v) is 3.45. The van der Waals surface area contributed by atoms with E-state index in [1.165, 1.54) is 11.3 Å². The standard InChI is InChI=1S/C16H11NO2S/c18-16(14-8-4-10-20-14)11-5-1-2-7-13(11)19-15-12(16)6-3-9-17-15/h1-10,18H. The zero-order chi connectivity index (χ0) is 13.6. The van der Waals surface area contributed by atoms with Crippen LogP contribution in [0, 0.1) is 0 Å². The number of hydrogen-bond acceptors (Lipinski definition) is 4. The van der Waals surface area contributed by atoms with Crippen molar-refractivity contribution in [3.63, 3.8) is 0 Å². The van der Waals surface area contributed by atoms with Crippen LogP contribution < -0.4 is 4.74 Å². The molecule has 1 aliphatic heterocycles. The third-order valence-electron chi connectivity index (χ3n) is 3.52. The largest absolute Gasteiger partial charge is 0.438 e. The van der Waals surface area contributed by atoms with Crippen molar-refractivity contribution in [2.75, 3.05) is 0 Å². The average Bonchev–Trinajstić information content (AvgIpc) is 3.02. The van der Waals surface area contributed by atoms with Gasteiger partial charge in [0.1, 0.15) is 5.75 Å². The molecular weight excluding hydrogens is 270 g/mol. The molecule has 1 atom stereocenters. The maximum absolute atomic E-state index is 11.4. The van der Waals surface area contributed by atoms with E-state index >= 15 is 0 Å². The van der Waals surface area contributed by atoms with Gasteiger partial charge in [0.05, 0.1) is 5.56 Å². The number of fused-ring (bicyclic) bond motifs is 2. The lowest BCUT2D eigenvalue weighted by Crippen LogP contribution is -2.31. The molecule has 3 heterocycles. The van der Waals surface area contributed by atoms with E-state index in [1.807, 2.05) is 53.9 Å². The van der Waals surface area contributed by atoms with E-state index in [9.17, 15) is 5.11 Å². The molecule has 20 heavy (non-hydrogen) atoms. The van der Waals surface area contributed by atoms with Crippen molar-refractivity contribution in [3.05, 3.63) is 76.1 Å². The number of nitrogens with zero attached hydrogens (tertiary/aromatic N) is 1. The Morgan fingerprint density at radius 2 is 1.85 bits per heavy atom. The number of pyridine rings is 1. The van der Waals surface area contributed by atoms with Gasteiger partial charge in [-0.15, -0.1) is 11.3 Å². The molecule has 0 radical (unpaired) electrons. The average molecular weight is 281 g/mol. The lowest BCUT2D eigenvalue weighted by molar-refractivity contribution is 0.115. The van der Waals surface area contributed by atoms with Crippen LogP contribution in [0.2, 0.25) is 0 Å². The fraction of sp³-hybridized carbons (Fsp3) is 0.0625.